The van der Waals surface area contributed by atoms with Crippen molar-refractivity contribution in [2.75, 3.05) is 0 Å². The van der Waals surface area contributed by atoms with Crippen molar-refractivity contribution in [1.29, 1.82) is 0 Å². The second kappa shape index (κ2) is 37.2. The molecule has 0 aliphatic carbocycles. The number of carboxylic acids is 20. The van der Waals surface area contributed by atoms with Crippen LogP contribution in [0, 0.1) is 115 Å². The molecule has 0 rings (SSSR count). The fourth-order valence-electron chi connectivity index (χ4n) is 20.6. The molecule has 0 aliphatic rings. The molecule has 0 aromatic carbocycles. The van der Waals surface area contributed by atoms with Crippen LogP contribution in [0.5, 0.6) is 0 Å². The zero-order chi connectivity index (χ0) is 97.6. The van der Waals surface area contributed by atoms with Gasteiger partial charge in [0.2, 0.25) is 0 Å². The largest absolute Gasteiger partial charge is 0.481 e. The van der Waals surface area contributed by atoms with E-state index in [0.29, 0.717) is 0 Å². The first-order valence-electron chi connectivity index (χ1n) is 38.6. The lowest BCUT2D eigenvalue weighted by Gasteiger charge is -2.46. The fraction of sp³-hybridized carbons (Fsp3) is 0.756. The van der Waals surface area contributed by atoms with Gasteiger partial charge in [-0.25, -0.2) is 0 Å². The molecule has 40 nitrogen and oxygen atoms in total. The summed E-state index contributed by atoms with van der Waals surface area (Å²) in [6, 6.07) is 0. The van der Waals surface area contributed by atoms with Gasteiger partial charge in [0.05, 0.1) is 109 Å². The van der Waals surface area contributed by atoms with E-state index in [2.05, 4.69) is 0 Å². The molecule has 0 radical (unpaired) electrons. The number of rotatable bonds is 59. The first-order chi connectivity index (χ1) is 53.9. The Bertz CT molecular complexity index is 4120. The molecule has 0 saturated carbocycles. The maximum Gasteiger partial charge on any atom is 0.309 e. The first kappa shape index (κ1) is 111. The second-order valence-electron chi connectivity index (χ2n) is 41.1. The van der Waals surface area contributed by atoms with Gasteiger partial charge >= 0.3 is 119 Å². The van der Waals surface area contributed by atoms with Gasteiger partial charge in [0.25, 0.3) is 0 Å². The summed E-state index contributed by atoms with van der Waals surface area (Å²) in [4.78, 5) is 269. The molecule has 122 heavy (non-hydrogen) atoms. The highest BCUT2D eigenvalue weighted by molar-refractivity contribution is 5.89. The summed E-state index contributed by atoms with van der Waals surface area (Å²) < 4.78 is 0. The number of hydrogen-bond donors (Lipinski definition) is 20. The van der Waals surface area contributed by atoms with Crippen molar-refractivity contribution in [2.45, 2.75) is 274 Å². The van der Waals surface area contributed by atoms with E-state index in [0.717, 1.165) is 132 Å². The highest BCUT2D eigenvalue weighted by Gasteiger charge is 2.64. The minimum Gasteiger partial charge on any atom is -0.481 e. The van der Waals surface area contributed by atoms with Crippen molar-refractivity contribution >= 4 is 119 Å². The third kappa shape index (κ3) is 25.1. The molecule has 20 N–H and O–H groups in total. The van der Waals surface area contributed by atoms with Gasteiger partial charge in [-0.3, -0.25) is 95.9 Å². The average molecular weight is 1750 g/mol. The van der Waals surface area contributed by atoms with Crippen molar-refractivity contribution in [2.24, 2.45) is 115 Å². The maximum atomic E-state index is 13.8. The van der Waals surface area contributed by atoms with Gasteiger partial charge in [0.1, 0.15) is 0 Å². The molecule has 0 heterocycles. The van der Waals surface area contributed by atoms with Crippen molar-refractivity contribution in [1.82, 2.24) is 0 Å². The summed E-state index contributed by atoms with van der Waals surface area (Å²) >= 11 is 0. The fourth-order valence-corrected chi connectivity index (χ4v) is 20.6. The Kier molecular flexibility index (Phi) is 34.0. The standard InChI is InChI=1S/C82H126O40/c1-42(2)82(22,63(121)122)41-81(21,62(119)120)40-80(20,61(117)118)39-79(19,60(115)116)38-78(18,59(113)114)37-77(17,58(111)112)36-76(16,57(109)110)35-75(15,56(107)108)34-74(14,55(105)106)33-73(13,54(103)104)32-72(12,53(101)102)31-71(11,52(99)100)30-70(10,51(97)98)29-69(9,50(95)96)28-68(8,49(93)94)27-67(7,48(91)92)26-66(6,47(89)90)25-65(5,46(87)88)24-64(4,45(85)86)23-43(3)44(83)84/h42-43H,23-41H2,1-22H3,(H,83,84)(H,85,86)(H,87,88)(H,89,90)(H,91,92)(H,93,94)(H,95,96)(H,97,98)(H,99,100)(H,101,102)(H,103,104)(H,105,106)(H,107,108)(H,109,110)(H,111,112)(H,113,114)(H,115,116)(H,117,118)(H,119,120)(H,121,122). The molecular formula is C82H126O40. The normalized spacial score (nSPS) is 21.6. The van der Waals surface area contributed by atoms with Gasteiger partial charge in [-0.2, -0.15) is 0 Å². The Balaban J connectivity index is 8.32. The Morgan fingerprint density at radius 2 is 0.246 bits per heavy atom. The van der Waals surface area contributed by atoms with Gasteiger partial charge in [-0.05, 0) is 259 Å². The zero-order valence-corrected chi connectivity index (χ0v) is 73.2. The molecule has 0 amide bonds. The smallest absolute Gasteiger partial charge is 0.309 e. The number of carboxylic acid groups (broad SMARTS) is 20. The summed E-state index contributed by atoms with van der Waals surface area (Å²) in [5.74, 6) is -40.4. The minimum atomic E-state index is -2.85. The van der Waals surface area contributed by atoms with Crippen LogP contribution in [0.4, 0.5) is 0 Å². The van der Waals surface area contributed by atoms with Gasteiger partial charge in [-0.1, -0.05) is 20.8 Å². The number of hydrogen-bond acceptors (Lipinski definition) is 20. The molecule has 694 valence electrons. The van der Waals surface area contributed by atoms with Crippen LogP contribution in [-0.4, -0.2) is 222 Å². The van der Waals surface area contributed by atoms with E-state index >= 15 is 0 Å². The molecular weight excluding hydrogens is 1620 g/mol. The van der Waals surface area contributed by atoms with Gasteiger partial charge in [0, 0.05) is 0 Å². The molecule has 0 saturated heterocycles. The van der Waals surface area contributed by atoms with Crippen LogP contribution in [-0.2, 0) is 95.9 Å². The first-order valence-corrected chi connectivity index (χ1v) is 38.6. The second-order valence-corrected chi connectivity index (χ2v) is 41.1. The molecule has 0 aliphatic heterocycles. The van der Waals surface area contributed by atoms with E-state index in [9.17, 15) is 198 Å². The predicted molar refractivity (Wildman–Crippen MR) is 418 cm³/mol. The zero-order valence-electron chi connectivity index (χ0n) is 73.2. The van der Waals surface area contributed by atoms with Crippen molar-refractivity contribution in [3.8, 4) is 0 Å². The van der Waals surface area contributed by atoms with Crippen molar-refractivity contribution in [3.05, 3.63) is 0 Å². The van der Waals surface area contributed by atoms with E-state index in [-0.39, 0.29) is 0 Å². The summed E-state index contributed by atoms with van der Waals surface area (Å²) in [6.45, 7) is 20.1. The van der Waals surface area contributed by atoms with Gasteiger partial charge in [0.15, 0.2) is 0 Å². The van der Waals surface area contributed by atoms with E-state index < -0.39 is 356 Å². The molecule has 0 bridgehead atoms. The highest BCUT2D eigenvalue weighted by atomic mass is 16.4. The topological polar surface area (TPSA) is 746 Å². The molecule has 0 spiro atoms. The van der Waals surface area contributed by atoms with Crippen LogP contribution in [0.2, 0.25) is 0 Å². The van der Waals surface area contributed by atoms with Crippen molar-refractivity contribution < 1.29 is 198 Å². The Hall–Kier alpha value is -10.6. The Morgan fingerprint density at radius 1 is 0.156 bits per heavy atom. The molecule has 20 atom stereocenters. The minimum absolute atomic E-state index is 0.696. The Labute approximate surface area is 703 Å². The van der Waals surface area contributed by atoms with E-state index in [1.165, 1.54) is 20.8 Å². The van der Waals surface area contributed by atoms with Crippen LogP contribution in [0.1, 0.15) is 274 Å². The SMILES string of the molecule is CC(CC(C)(CC(C)(CC(C)(CC(C)(CC(C)(CC(C)(CC(C)(CC(C)(CC(C)(CC(C)(CC(C)(CC(C)(CC(C)(CC(C)(CC(C)(CC(C)(CC(C)(CC(C)(CC(C)(C(=O)O)C(C)C)C(=O)O)C(=O)O)C(=O)O)C(=O)O)C(=O)O)C(=O)O)C(=O)O)C(=O)O)C(=O)O)C(=O)O)C(=O)O)C(=O)O)C(=O)O)C(=O)O)C(=O)O)C(=O)O)C(=O)O)C(=O)O)C(=O)O. The maximum absolute atomic E-state index is 13.8. The summed E-state index contributed by atoms with van der Waals surface area (Å²) in [7, 11) is 0. The van der Waals surface area contributed by atoms with E-state index in [1.54, 1.807) is 0 Å². The van der Waals surface area contributed by atoms with Crippen LogP contribution in [0.25, 0.3) is 0 Å². The van der Waals surface area contributed by atoms with Crippen LogP contribution in [0.15, 0.2) is 0 Å². The molecule has 0 fully saturated rings. The molecule has 0 aromatic heterocycles. The molecule has 20 unspecified atom stereocenters. The van der Waals surface area contributed by atoms with Crippen molar-refractivity contribution in [3.63, 3.8) is 0 Å². The lowest BCUT2D eigenvalue weighted by molar-refractivity contribution is -0.174. The monoisotopic (exact) mass is 1750 g/mol. The van der Waals surface area contributed by atoms with Gasteiger partial charge in [-0.15, -0.1) is 0 Å². The van der Waals surface area contributed by atoms with E-state index in [1.807, 2.05) is 0 Å². The Morgan fingerprint density at radius 3 is 0.320 bits per heavy atom. The quantitative estimate of drug-likeness (QED) is 0.0269. The lowest BCUT2D eigenvalue weighted by Crippen LogP contribution is -2.51. The summed E-state index contributed by atoms with van der Waals surface area (Å²) in [5, 5.41) is 217. The summed E-state index contributed by atoms with van der Waals surface area (Å²) in [6.07, 6.45) is -22.8. The van der Waals surface area contributed by atoms with Crippen LogP contribution in [0.3, 0.4) is 0 Å². The number of aliphatic carboxylic acids is 20. The van der Waals surface area contributed by atoms with Crippen LogP contribution < -0.4 is 0 Å². The highest BCUT2D eigenvalue weighted by Crippen LogP contribution is 2.61. The summed E-state index contributed by atoms with van der Waals surface area (Å²) in [5.41, 5.74) is -49.9. The van der Waals surface area contributed by atoms with Crippen LogP contribution >= 0.6 is 0 Å². The van der Waals surface area contributed by atoms with E-state index in [4.69, 9.17) is 0 Å². The third-order valence-corrected chi connectivity index (χ3v) is 26.3. The average Bonchev–Trinajstić information content (AvgIpc) is 0.755. The molecule has 40 heteroatoms. The molecule has 0 aromatic rings. The number of carbonyl (C=O) groups is 20. The van der Waals surface area contributed by atoms with Gasteiger partial charge < -0.3 is 102 Å². The third-order valence-electron chi connectivity index (χ3n) is 26.3. The lowest BCUT2D eigenvalue weighted by atomic mass is 9.55. The predicted octanol–water partition coefficient (Wildman–Crippen LogP) is 10.5.